The van der Waals surface area contributed by atoms with Gasteiger partial charge in [0.2, 0.25) is 0 Å². The highest BCUT2D eigenvalue weighted by molar-refractivity contribution is 6.12. The van der Waals surface area contributed by atoms with Gasteiger partial charge in [-0.05, 0) is 78.6 Å². The highest BCUT2D eigenvalue weighted by atomic mass is 16.5. The van der Waals surface area contributed by atoms with Crippen molar-refractivity contribution in [1.82, 2.24) is 29.6 Å². The van der Waals surface area contributed by atoms with E-state index < -0.39 is 11.8 Å². The number of para-hydroxylation sites is 2. The van der Waals surface area contributed by atoms with Gasteiger partial charge in [0.15, 0.2) is 11.5 Å². The molecular formula is C43H42N8O5. The Labute approximate surface area is 324 Å². The fourth-order valence-corrected chi connectivity index (χ4v) is 6.50. The van der Waals surface area contributed by atoms with E-state index in [1.165, 1.54) is 32.0 Å². The number of carbonyl (C=O) groups excluding carboxylic acids is 2. The molecule has 0 fully saturated rings. The number of methoxy groups -OCH3 is 2. The Kier molecular flexibility index (Phi) is 11.4. The van der Waals surface area contributed by atoms with Crippen LogP contribution in [0, 0.1) is 0 Å². The first-order chi connectivity index (χ1) is 27.3. The Hall–Kier alpha value is -6.86. The molecule has 0 spiro atoms. The zero-order valence-electron chi connectivity index (χ0n) is 31.7. The second kappa shape index (κ2) is 17.1. The summed E-state index contributed by atoms with van der Waals surface area (Å²) in [5.74, 6) is 0.457. The number of pyridine rings is 1. The second-order valence-electron chi connectivity index (χ2n) is 13.2. The maximum absolute atomic E-state index is 13.8. The van der Waals surface area contributed by atoms with Crippen LogP contribution in [0.3, 0.4) is 0 Å². The van der Waals surface area contributed by atoms with Gasteiger partial charge in [-0.25, -0.2) is 4.98 Å². The molecule has 0 aliphatic rings. The number of fused-ring (bicyclic) bond motifs is 2. The maximum Gasteiger partial charge on any atom is 0.275 e. The lowest BCUT2D eigenvalue weighted by Crippen LogP contribution is -2.25. The van der Waals surface area contributed by atoms with Gasteiger partial charge in [-0.1, -0.05) is 30.3 Å². The van der Waals surface area contributed by atoms with Gasteiger partial charge in [0.25, 0.3) is 11.8 Å². The summed E-state index contributed by atoms with van der Waals surface area (Å²) >= 11 is 0. The molecule has 4 aromatic carbocycles. The van der Waals surface area contributed by atoms with Gasteiger partial charge >= 0.3 is 0 Å². The summed E-state index contributed by atoms with van der Waals surface area (Å²) in [4.78, 5) is 42.7. The van der Waals surface area contributed by atoms with E-state index in [4.69, 9.17) is 14.2 Å². The van der Waals surface area contributed by atoms with Gasteiger partial charge in [-0.15, -0.1) is 0 Å². The number of ether oxygens (including phenoxy) is 3. The summed E-state index contributed by atoms with van der Waals surface area (Å²) in [6.07, 6.45) is 7.67. The summed E-state index contributed by atoms with van der Waals surface area (Å²) in [5, 5.41) is 11.3. The van der Waals surface area contributed by atoms with E-state index in [1.54, 1.807) is 18.3 Å². The minimum atomic E-state index is -0.529. The highest BCUT2D eigenvalue weighted by Crippen LogP contribution is 2.34. The molecule has 0 atom stereocenters. The number of aromatic nitrogens is 5. The molecule has 3 aromatic heterocycles. The van der Waals surface area contributed by atoms with E-state index in [0.29, 0.717) is 41.4 Å². The molecule has 0 unspecified atom stereocenters. The van der Waals surface area contributed by atoms with Crippen molar-refractivity contribution in [2.45, 2.75) is 26.4 Å². The molecule has 0 radical (unpaired) electrons. The average molecular weight is 751 g/mol. The SMILES string of the molecule is CCOc1cncc(CN(CCc2ccc(NC(=O)c3cc(OC)c(OC)cc3NC(=O)c3cnc4ccccc4n3)cc2)Cc2ccc3c(cnn3C)c2)c1. The van der Waals surface area contributed by atoms with E-state index in [0.717, 1.165) is 47.3 Å². The third-order valence-electron chi connectivity index (χ3n) is 9.33. The van der Waals surface area contributed by atoms with Gasteiger partial charge in [-0.2, -0.15) is 5.10 Å². The predicted molar refractivity (Wildman–Crippen MR) is 215 cm³/mol. The lowest BCUT2D eigenvalue weighted by Gasteiger charge is -2.23. The van der Waals surface area contributed by atoms with Crippen molar-refractivity contribution in [2.24, 2.45) is 7.05 Å². The molecule has 3 heterocycles. The van der Waals surface area contributed by atoms with Crippen LogP contribution in [-0.4, -0.2) is 68.8 Å². The van der Waals surface area contributed by atoms with Crippen LogP contribution in [0.2, 0.25) is 0 Å². The van der Waals surface area contributed by atoms with Crippen LogP contribution in [0.15, 0.2) is 110 Å². The molecule has 7 rings (SSSR count). The standard InChI is InChI=1S/C43H42N8O5/c1-5-56-33-19-30(22-44-24-33)27-51(26-29-12-15-39-31(18-29)23-46-50(39)2)17-16-28-10-13-32(14-11-28)47-42(52)34-20-40(54-3)41(55-4)21-37(34)49-43(53)38-25-45-35-8-6-7-9-36(35)48-38/h6-15,18-25H,5,16-17,26-27H2,1-4H3,(H,47,52)(H,49,53). The quantitative estimate of drug-likeness (QED) is 0.112. The summed E-state index contributed by atoms with van der Waals surface area (Å²) in [7, 11) is 4.91. The molecule has 284 valence electrons. The normalized spacial score (nSPS) is 11.2. The topological polar surface area (TPSA) is 146 Å². The van der Waals surface area contributed by atoms with Gasteiger partial charge in [0, 0.05) is 50.0 Å². The molecular weight excluding hydrogens is 709 g/mol. The summed E-state index contributed by atoms with van der Waals surface area (Å²) < 4.78 is 18.6. The number of anilines is 2. The minimum absolute atomic E-state index is 0.101. The van der Waals surface area contributed by atoms with E-state index in [-0.39, 0.29) is 16.9 Å². The first-order valence-electron chi connectivity index (χ1n) is 18.2. The fraction of sp³-hybridized carbons (Fsp3) is 0.209. The maximum atomic E-state index is 13.8. The zero-order valence-corrected chi connectivity index (χ0v) is 31.7. The van der Waals surface area contributed by atoms with E-state index in [2.05, 4.69) is 53.8 Å². The number of carbonyl (C=O) groups is 2. The number of nitrogens with zero attached hydrogens (tertiary/aromatic N) is 6. The number of rotatable bonds is 15. The first kappa shape index (κ1) is 37.5. The molecule has 13 heteroatoms. The van der Waals surface area contributed by atoms with Crippen molar-refractivity contribution in [3.05, 3.63) is 138 Å². The third-order valence-corrected chi connectivity index (χ3v) is 9.33. The summed E-state index contributed by atoms with van der Waals surface area (Å²) in [6.45, 7) is 4.72. The molecule has 0 aliphatic carbocycles. The van der Waals surface area contributed by atoms with Crippen molar-refractivity contribution >= 4 is 45.1 Å². The Bertz CT molecular complexity index is 2500. The van der Waals surface area contributed by atoms with Gasteiger partial charge < -0.3 is 24.8 Å². The van der Waals surface area contributed by atoms with Crippen LogP contribution in [0.5, 0.6) is 17.2 Å². The number of hydrogen-bond donors (Lipinski definition) is 2. The first-order valence-corrected chi connectivity index (χ1v) is 18.2. The van der Waals surface area contributed by atoms with Crippen LogP contribution < -0.4 is 24.8 Å². The van der Waals surface area contributed by atoms with E-state index in [1.807, 2.05) is 79.6 Å². The monoisotopic (exact) mass is 750 g/mol. The smallest absolute Gasteiger partial charge is 0.275 e. The molecule has 2 amide bonds. The van der Waals surface area contributed by atoms with Crippen molar-refractivity contribution in [1.29, 1.82) is 0 Å². The van der Waals surface area contributed by atoms with Crippen LogP contribution in [0.4, 0.5) is 11.4 Å². The largest absolute Gasteiger partial charge is 0.493 e. The molecule has 2 N–H and O–H groups in total. The molecule has 7 aromatic rings. The second-order valence-corrected chi connectivity index (χ2v) is 13.2. The molecule has 13 nitrogen and oxygen atoms in total. The van der Waals surface area contributed by atoms with Crippen molar-refractivity contribution in [3.8, 4) is 17.2 Å². The minimum Gasteiger partial charge on any atom is -0.493 e. The van der Waals surface area contributed by atoms with Crippen molar-refractivity contribution in [2.75, 3.05) is 38.0 Å². The predicted octanol–water partition coefficient (Wildman–Crippen LogP) is 7.08. The van der Waals surface area contributed by atoms with Crippen molar-refractivity contribution in [3.63, 3.8) is 0 Å². The van der Waals surface area contributed by atoms with E-state index in [9.17, 15) is 9.59 Å². The average Bonchev–Trinajstić information content (AvgIpc) is 3.59. The number of aryl methyl sites for hydroxylation is 1. The van der Waals surface area contributed by atoms with Crippen LogP contribution in [-0.2, 0) is 26.6 Å². The lowest BCUT2D eigenvalue weighted by molar-refractivity contribution is 0.102. The number of hydrogen-bond acceptors (Lipinski definition) is 10. The Morgan fingerprint density at radius 3 is 2.30 bits per heavy atom. The zero-order chi connectivity index (χ0) is 39.0. The molecule has 0 aliphatic heterocycles. The summed E-state index contributed by atoms with van der Waals surface area (Å²) in [6, 6.07) is 26.6. The number of amides is 2. The molecule has 0 saturated heterocycles. The van der Waals surface area contributed by atoms with Crippen LogP contribution in [0.25, 0.3) is 21.9 Å². The Morgan fingerprint density at radius 2 is 1.52 bits per heavy atom. The lowest BCUT2D eigenvalue weighted by atomic mass is 10.1. The Balaban J connectivity index is 1.05. The molecule has 0 bridgehead atoms. The van der Waals surface area contributed by atoms with Gasteiger partial charge in [-0.3, -0.25) is 29.1 Å². The Morgan fingerprint density at radius 1 is 0.768 bits per heavy atom. The number of benzene rings is 4. The van der Waals surface area contributed by atoms with E-state index >= 15 is 0 Å². The summed E-state index contributed by atoms with van der Waals surface area (Å²) in [5.41, 5.74) is 6.78. The fourth-order valence-electron chi connectivity index (χ4n) is 6.50. The van der Waals surface area contributed by atoms with Crippen LogP contribution >= 0.6 is 0 Å². The highest BCUT2D eigenvalue weighted by Gasteiger charge is 2.21. The van der Waals surface area contributed by atoms with Gasteiger partial charge in [0.05, 0.1) is 67.2 Å². The van der Waals surface area contributed by atoms with Crippen molar-refractivity contribution < 1.29 is 23.8 Å². The molecule has 56 heavy (non-hydrogen) atoms. The number of nitrogens with one attached hydrogen (secondary N) is 2. The third kappa shape index (κ3) is 8.74. The van der Waals surface area contributed by atoms with Crippen LogP contribution in [0.1, 0.15) is 44.5 Å². The molecule has 0 saturated carbocycles. The van der Waals surface area contributed by atoms with Gasteiger partial charge in [0.1, 0.15) is 11.4 Å².